The molecule has 1 aliphatic rings. The van der Waals surface area contributed by atoms with E-state index in [9.17, 15) is 0 Å². The van der Waals surface area contributed by atoms with Crippen LogP contribution in [0.25, 0.3) is 0 Å². The Morgan fingerprint density at radius 2 is 1.88 bits per heavy atom. The lowest BCUT2D eigenvalue weighted by atomic mass is 9.99. The van der Waals surface area contributed by atoms with Gasteiger partial charge < -0.3 is 5.73 Å². The standard InChI is InChI=1S/C14H23N3/c1-2-7-12-10-13(15)17-14(16-12)11-8-5-3-4-6-9-11/h10-11H,2-9H2,1H3,(H2,15,16,17). The number of aryl methyl sites for hydroxylation is 1. The van der Waals surface area contributed by atoms with Crippen molar-refractivity contribution < 1.29 is 0 Å². The van der Waals surface area contributed by atoms with Crippen LogP contribution in [-0.2, 0) is 6.42 Å². The topological polar surface area (TPSA) is 51.8 Å². The molecule has 2 N–H and O–H groups in total. The van der Waals surface area contributed by atoms with Gasteiger partial charge in [-0.25, -0.2) is 9.97 Å². The van der Waals surface area contributed by atoms with Crippen molar-refractivity contribution in [3.05, 3.63) is 17.6 Å². The van der Waals surface area contributed by atoms with Crippen molar-refractivity contribution in [1.82, 2.24) is 9.97 Å². The zero-order valence-electron chi connectivity index (χ0n) is 10.8. The molecule has 1 heterocycles. The molecule has 94 valence electrons. The van der Waals surface area contributed by atoms with Crippen molar-refractivity contribution in [2.75, 3.05) is 5.73 Å². The zero-order valence-corrected chi connectivity index (χ0v) is 10.8. The van der Waals surface area contributed by atoms with Crippen LogP contribution in [0.5, 0.6) is 0 Å². The van der Waals surface area contributed by atoms with Gasteiger partial charge in [0, 0.05) is 17.7 Å². The van der Waals surface area contributed by atoms with E-state index in [-0.39, 0.29) is 0 Å². The van der Waals surface area contributed by atoms with Gasteiger partial charge in [-0.15, -0.1) is 0 Å². The Labute approximate surface area is 104 Å². The molecule has 0 aliphatic heterocycles. The highest BCUT2D eigenvalue weighted by Gasteiger charge is 2.17. The molecule has 3 nitrogen and oxygen atoms in total. The van der Waals surface area contributed by atoms with Crippen molar-refractivity contribution in [2.45, 2.75) is 64.2 Å². The van der Waals surface area contributed by atoms with Crippen LogP contribution in [0, 0.1) is 0 Å². The molecule has 0 atom stereocenters. The van der Waals surface area contributed by atoms with Gasteiger partial charge in [0.05, 0.1) is 0 Å². The lowest BCUT2D eigenvalue weighted by molar-refractivity contribution is 0.558. The van der Waals surface area contributed by atoms with Crippen LogP contribution in [0.4, 0.5) is 5.82 Å². The minimum absolute atomic E-state index is 0.539. The van der Waals surface area contributed by atoms with Gasteiger partial charge in [0.25, 0.3) is 0 Å². The van der Waals surface area contributed by atoms with Crippen molar-refractivity contribution in [2.24, 2.45) is 0 Å². The van der Waals surface area contributed by atoms with E-state index in [1.807, 2.05) is 6.07 Å². The predicted octanol–water partition coefficient (Wildman–Crippen LogP) is 3.45. The van der Waals surface area contributed by atoms with E-state index in [1.165, 1.54) is 38.5 Å². The Bertz CT molecular complexity index is 354. The van der Waals surface area contributed by atoms with Crippen LogP contribution in [-0.4, -0.2) is 9.97 Å². The van der Waals surface area contributed by atoms with Gasteiger partial charge >= 0.3 is 0 Å². The number of anilines is 1. The van der Waals surface area contributed by atoms with Gasteiger partial charge in [-0.1, -0.05) is 39.0 Å². The summed E-state index contributed by atoms with van der Waals surface area (Å²) in [5, 5.41) is 0. The largest absolute Gasteiger partial charge is 0.384 e. The van der Waals surface area contributed by atoms with Crippen LogP contribution in [0.15, 0.2) is 6.07 Å². The second-order valence-electron chi connectivity index (χ2n) is 5.08. The summed E-state index contributed by atoms with van der Waals surface area (Å²) in [6.45, 7) is 2.17. The first kappa shape index (κ1) is 12.3. The summed E-state index contributed by atoms with van der Waals surface area (Å²) < 4.78 is 0. The first-order chi connectivity index (χ1) is 8.29. The lowest BCUT2D eigenvalue weighted by Crippen LogP contribution is -2.08. The molecule has 2 rings (SSSR count). The average molecular weight is 233 g/mol. The Balaban J connectivity index is 2.17. The number of hydrogen-bond donors (Lipinski definition) is 1. The minimum atomic E-state index is 0.539. The van der Waals surface area contributed by atoms with Crippen LogP contribution in [0.2, 0.25) is 0 Å². The van der Waals surface area contributed by atoms with E-state index in [0.29, 0.717) is 11.7 Å². The quantitative estimate of drug-likeness (QED) is 0.813. The maximum atomic E-state index is 5.88. The molecule has 0 unspecified atom stereocenters. The van der Waals surface area contributed by atoms with E-state index in [2.05, 4.69) is 11.9 Å². The molecule has 1 fully saturated rings. The third-order valence-electron chi connectivity index (χ3n) is 3.54. The van der Waals surface area contributed by atoms with Gasteiger partial charge in [0.2, 0.25) is 0 Å². The molecule has 0 saturated heterocycles. The zero-order chi connectivity index (χ0) is 12.1. The second-order valence-corrected chi connectivity index (χ2v) is 5.08. The van der Waals surface area contributed by atoms with Crippen LogP contribution in [0.1, 0.15) is 69.3 Å². The molecule has 0 aromatic carbocycles. The number of nitrogens with zero attached hydrogens (tertiary/aromatic N) is 2. The molecule has 1 aromatic heterocycles. The van der Waals surface area contributed by atoms with Gasteiger partial charge in [0.1, 0.15) is 11.6 Å². The minimum Gasteiger partial charge on any atom is -0.384 e. The lowest BCUT2D eigenvalue weighted by Gasteiger charge is -2.14. The Morgan fingerprint density at radius 1 is 1.18 bits per heavy atom. The molecule has 0 amide bonds. The van der Waals surface area contributed by atoms with Gasteiger partial charge in [0.15, 0.2) is 0 Å². The molecule has 0 bridgehead atoms. The Kier molecular flexibility index (Phi) is 4.35. The molecule has 1 aliphatic carbocycles. The Hall–Kier alpha value is -1.12. The summed E-state index contributed by atoms with van der Waals surface area (Å²) in [4.78, 5) is 9.15. The SMILES string of the molecule is CCCc1cc(N)nc(C2CCCCCC2)n1. The summed E-state index contributed by atoms with van der Waals surface area (Å²) in [6, 6.07) is 1.92. The predicted molar refractivity (Wildman–Crippen MR) is 70.9 cm³/mol. The van der Waals surface area contributed by atoms with Crippen molar-refractivity contribution in [3.63, 3.8) is 0 Å². The van der Waals surface area contributed by atoms with Crippen LogP contribution in [0.3, 0.4) is 0 Å². The summed E-state index contributed by atoms with van der Waals surface area (Å²) in [5.74, 6) is 2.18. The maximum Gasteiger partial charge on any atom is 0.134 e. The van der Waals surface area contributed by atoms with E-state index in [0.717, 1.165) is 24.4 Å². The van der Waals surface area contributed by atoms with Gasteiger partial charge in [-0.3, -0.25) is 0 Å². The summed E-state index contributed by atoms with van der Waals surface area (Å²) in [5.41, 5.74) is 6.99. The van der Waals surface area contributed by atoms with Crippen LogP contribution < -0.4 is 5.73 Å². The average Bonchev–Trinajstić information content (AvgIpc) is 2.57. The molecule has 0 spiro atoms. The van der Waals surface area contributed by atoms with E-state index < -0.39 is 0 Å². The summed E-state index contributed by atoms with van der Waals surface area (Å²) in [6.07, 6.45) is 9.93. The number of hydrogen-bond acceptors (Lipinski definition) is 3. The monoisotopic (exact) mass is 233 g/mol. The fourth-order valence-corrected chi connectivity index (χ4v) is 2.64. The number of rotatable bonds is 3. The van der Waals surface area contributed by atoms with E-state index in [4.69, 9.17) is 10.7 Å². The molecule has 3 heteroatoms. The third kappa shape index (κ3) is 3.42. The molecular formula is C14H23N3. The smallest absolute Gasteiger partial charge is 0.134 e. The van der Waals surface area contributed by atoms with Gasteiger partial charge in [-0.05, 0) is 19.3 Å². The van der Waals surface area contributed by atoms with Gasteiger partial charge in [-0.2, -0.15) is 0 Å². The third-order valence-corrected chi connectivity index (χ3v) is 3.54. The fraction of sp³-hybridized carbons (Fsp3) is 0.714. The first-order valence-electron chi connectivity index (χ1n) is 6.93. The molecule has 17 heavy (non-hydrogen) atoms. The van der Waals surface area contributed by atoms with Crippen molar-refractivity contribution >= 4 is 5.82 Å². The number of aromatic nitrogens is 2. The fourth-order valence-electron chi connectivity index (χ4n) is 2.64. The number of nitrogen functional groups attached to an aromatic ring is 1. The maximum absolute atomic E-state index is 5.88. The van der Waals surface area contributed by atoms with E-state index in [1.54, 1.807) is 0 Å². The highest BCUT2D eigenvalue weighted by molar-refractivity contribution is 5.30. The second kappa shape index (κ2) is 5.99. The van der Waals surface area contributed by atoms with Crippen LogP contribution >= 0.6 is 0 Å². The normalized spacial score (nSPS) is 17.9. The number of nitrogens with two attached hydrogens (primary N) is 1. The Morgan fingerprint density at radius 3 is 2.53 bits per heavy atom. The molecule has 1 saturated carbocycles. The summed E-state index contributed by atoms with van der Waals surface area (Å²) >= 11 is 0. The van der Waals surface area contributed by atoms with Crippen molar-refractivity contribution in [1.29, 1.82) is 0 Å². The molecular weight excluding hydrogens is 210 g/mol. The highest BCUT2D eigenvalue weighted by atomic mass is 15.0. The van der Waals surface area contributed by atoms with E-state index >= 15 is 0 Å². The highest BCUT2D eigenvalue weighted by Crippen LogP contribution is 2.30. The molecule has 1 aromatic rings. The summed E-state index contributed by atoms with van der Waals surface area (Å²) in [7, 11) is 0. The molecule has 0 radical (unpaired) electrons. The van der Waals surface area contributed by atoms with Crippen molar-refractivity contribution in [3.8, 4) is 0 Å². The first-order valence-corrected chi connectivity index (χ1v) is 6.93.